The number of hydrogen-bond acceptors (Lipinski definition) is 7. The fraction of sp³-hybridized carbons (Fsp3) is 0.438. The average molecular weight is 336 g/mol. The van der Waals surface area contributed by atoms with Crippen LogP contribution in [0.4, 0.5) is 5.82 Å². The van der Waals surface area contributed by atoms with Crippen LogP contribution >= 0.6 is 11.3 Å². The van der Waals surface area contributed by atoms with Crippen molar-refractivity contribution in [1.29, 1.82) is 0 Å². The van der Waals surface area contributed by atoms with E-state index >= 15 is 0 Å². The van der Waals surface area contributed by atoms with Crippen LogP contribution in [0.25, 0.3) is 10.2 Å². The van der Waals surface area contributed by atoms with Gasteiger partial charge in [0.15, 0.2) is 17.4 Å². The molecule has 0 aliphatic heterocycles. The Kier molecular flexibility index (Phi) is 4.89. The molecule has 0 bridgehead atoms. The number of thiophene rings is 1. The molecule has 2 aromatic rings. The highest BCUT2D eigenvalue weighted by Gasteiger charge is 2.19. The molecule has 0 aromatic carbocycles. The molecule has 2 rings (SSSR count). The Morgan fingerprint density at radius 2 is 1.96 bits per heavy atom. The third-order valence-corrected chi connectivity index (χ3v) is 4.08. The summed E-state index contributed by atoms with van der Waals surface area (Å²) < 4.78 is 11.1. The van der Waals surface area contributed by atoms with Gasteiger partial charge in [0.2, 0.25) is 0 Å². The topological polar surface area (TPSA) is 91.5 Å². The quantitative estimate of drug-likeness (QED) is 0.666. The minimum atomic E-state index is -0.546. The Balaban J connectivity index is 2.08. The Morgan fingerprint density at radius 1 is 1.26 bits per heavy atom. The van der Waals surface area contributed by atoms with E-state index in [9.17, 15) is 9.59 Å². The number of esters is 1. The van der Waals surface area contributed by atoms with Crippen LogP contribution in [0.5, 0.6) is 5.75 Å². The molecule has 124 valence electrons. The van der Waals surface area contributed by atoms with Crippen LogP contribution in [0, 0.1) is 0 Å². The number of anilines is 1. The van der Waals surface area contributed by atoms with Gasteiger partial charge in [0.05, 0.1) is 28.6 Å². The van der Waals surface area contributed by atoms with Gasteiger partial charge in [-0.15, -0.1) is 11.3 Å². The second-order valence-electron chi connectivity index (χ2n) is 6.08. The third-order valence-electron chi connectivity index (χ3n) is 2.97. The molecule has 7 heteroatoms. The van der Waals surface area contributed by atoms with E-state index in [1.165, 1.54) is 18.4 Å². The van der Waals surface area contributed by atoms with Crippen molar-refractivity contribution in [1.82, 2.24) is 4.98 Å². The van der Waals surface area contributed by atoms with Crippen LogP contribution in [-0.2, 0) is 9.53 Å². The summed E-state index contributed by atoms with van der Waals surface area (Å²) in [5, 5.41) is 0. The number of nitrogen functional groups attached to an aromatic ring is 1. The molecular weight excluding hydrogens is 316 g/mol. The molecular formula is C16H20N2O4S. The van der Waals surface area contributed by atoms with Crippen LogP contribution in [0.15, 0.2) is 12.1 Å². The van der Waals surface area contributed by atoms with Gasteiger partial charge in [0, 0.05) is 12.5 Å². The lowest BCUT2D eigenvalue weighted by molar-refractivity contribution is -0.154. The molecule has 2 heterocycles. The summed E-state index contributed by atoms with van der Waals surface area (Å²) in [5.74, 6) is 0.269. The van der Waals surface area contributed by atoms with Gasteiger partial charge in [-0.1, -0.05) is 0 Å². The van der Waals surface area contributed by atoms with E-state index in [-0.39, 0.29) is 30.4 Å². The zero-order valence-corrected chi connectivity index (χ0v) is 14.5. The summed E-state index contributed by atoms with van der Waals surface area (Å²) in [6.45, 7) is 5.38. The molecule has 0 aliphatic carbocycles. The fourth-order valence-electron chi connectivity index (χ4n) is 2.00. The predicted molar refractivity (Wildman–Crippen MR) is 90.0 cm³/mol. The van der Waals surface area contributed by atoms with Gasteiger partial charge in [-0.3, -0.25) is 9.59 Å². The lowest BCUT2D eigenvalue weighted by atomic mass is 10.1. The number of carbonyl (C=O) groups is 2. The van der Waals surface area contributed by atoms with Crippen molar-refractivity contribution in [2.45, 2.75) is 39.2 Å². The standard InChI is InChI=1S/C16H20N2O4S/c1-16(2,3)22-14(20)6-5-10(19)13-7-9-12(23-13)8-11(21-4)15(17)18-9/h7-8H,5-6H2,1-4H3,(H2,17,18). The number of rotatable bonds is 5. The predicted octanol–water partition coefficient (Wildman–Crippen LogP) is 3.19. The van der Waals surface area contributed by atoms with Crippen LogP contribution in [0.3, 0.4) is 0 Å². The number of hydrogen-bond donors (Lipinski definition) is 1. The molecule has 0 spiro atoms. The smallest absolute Gasteiger partial charge is 0.306 e. The maximum Gasteiger partial charge on any atom is 0.306 e. The number of aromatic nitrogens is 1. The Bertz CT molecular complexity index is 746. The first-order chi connectivity index (χ1) is 10.7. The van der Waals surface area contributed by atoms with Crippen molar-refractivity contribution >= 4 is 39.1 Å². The van der Waals surface area contributed by atoms with E-state index in [0.717, 1.165) is 4.70 Å². The number of nitrogens with zero attached hydrogens (tertiary/aromatic N) is 1. The van der Waals surface area contributed by atoms with Crippen molar-refractivity contribution in [3.63, 3.8) is 0 Å². The van der Waals surface area contributed by atoms with E-state index in [2.05, 4.69) is 4.98 Å². The molecule has 0 saturated heterocycles. The number of carbonyl (C=O) groups excluding carboxylic acids is 2. The first kappa shape index (κ1) is 17.2. The molecule has 23 heavy (non-hydrogen) atoms. The summed E-state index contributed by atoms with van der Waals surface area (Å²) in [7, 11) is 1.51. The van der Waals surface area contributed by atoms with Crippen molar-refractivity contribution in [2.75, 3.05) is 12.8 Å². The monoisotopic (exact) mass is 336 g/mol. The summed E-state index contributed by atoms with van der Waals surface area (Å²) >= 11 is 1.31. The Hall–Kier alpha value is -2.15. The molecule has 0 fully saturated rings. The lowest BCUT2D eigenvalue weighted by Crippen LogP contribution is -2.24. The number of ketones is 1. The van der Waals surface area contributed by atoms with E-state index in [4.69, 9.17) is 15.2 Å². The lowest BCUT2D eigenvalue weighted by Gasteiger charge is -2.19. The van der Waals surface area contributed by atoms with Gasteiger partial charge in [-0.05, 0) is 26.8 Å². The summed E-state index contributed by atoms with van der Waals surface area (Å²) in [4.78, 5) is 28.7. The molecule has 0 aliphatic rings. The number of Topliss-reactive ketones (excluding diaryl/α,β-unsaturated/α-hetero) is 1. The van der Waals surface area contributed by atoms with Gasteiger partial charge in [0.1, 0.15) is 5.60 Å². The van der Waals surface area contributed by atoms with Crippen molar-refractivity contribution in [3.05, 3.63) is 17.0 Å². The first-order valence-electron chi connectivity index (χ1n) is 7.18. The molecule has 2 aromatic heterocycles. The molecule has 0 radical (unpaired) electrons. The van der Waals surface area contributed by atoms with Crippen molar-refractivity contribution in [2.24, 2.45) is 0 Å². The highest BCUT2D eigenvalue weighted by molar-refractivity contribution is 7.20. The Morgan fingerprint density at radius 3 is 2.57 bits per heavy atom. The van der Waals surface area contributed by atoms with E-state index < -0.39 is 5.60 Å². The number of ether oxygens (including phenoxy) is 2. The number of pyridine rings is 1. The minimum absolute atomic E-state index is 0.0588. The van der Waals surface area contributed by atoms with Crippen molar-refractivity contribution < 1.29 is 19.1 Å². The SMILES string of the molecule is COc1cc2sc(C(=O)CCC(=O)OC(C)(C)C)cc2nc1N. The van der Waals surface area contributed by atoms with Crippen molar-refractivity contribution in [3.8, 4) is 5.75 Å². The summed E-state index contributed by atoms with van der Waals surface area (Å²) in [6.07, 6.45) is 0.164. The summed E-state index contributed by atoms with van der Waals surface area (Å²) in [6, 6.07) is 3.44. The second kappa shape index (κ2) is 6.54. The maximum absolute atomic E-state index is 12.2. The molecule has 2 N–H and O–H groups in total. The molecule has 0 atom stereocenters. The number of fused-ring (bicyclic) bond motifs is 1. The molecule has 0 saturated carbocycles. The number of nitrogens with two attached hydrogens (primary N) is 1. The Labute approximate surface area is 138 Å². The summed E-state index contributed by atoms with van der Waals surface area (Å²) in [5.41, 5.74) is 5.86. The highest BCUT2D eigenvalue weighted by Crippen LogP contribution is 2.31. The molecule has 0 amide bonds. The van der Waals surface area contributed by atoms with Crippen LogP contribution < -0.4 is 10.5 Å². The van der Waals surface area contributed by atoms with Gasteiger partial charge < -0.3 is 15.2 Å². The fourth-order valence-corrected chi connectivity index (χ4v) is 2.99. The minimum Gasteiger partial charge on any atom is -0.493 e. The van der Waals surface area contributed by atoms with E-state index in [1.807, 2.05) is 0 Å². The van der Waals surface area contributed by atoms with Gasteiger partial charge in [-0.2, -0.15) is 0 Å². The molecule has 6 nitrogen and oxygen atoms in total. The molecule has 0 unspecified atom stereocenters. The van der Waals surface area contributed by atoms with Gasteiger partial charge in [-0.25, -0.2) is 4.98 Å². The second-order valence-corrected chi connectivity index (χ2v) is 7.16. The largest absolute Gasteiger partial charge is 0.493 e. The zero-order chi connectivity index (χ0) is 17.2. The number of methoxy groups -OCH3 is 1. The first-order valence-corrected chi connectivity index (χ1v) is 8.00. The van der Waals surface area contributed by atoms with Gasteiger partial charge >= 0.3 is 5.97 Å². The van der Waals surface area contributed by atoms with Crippen LogP contribution in [0.1, 0.15) is 43.3 Å². The van der Waals surface area contributed by atoms with E-state index in [0.29, 0.717) is 16.1 Å². The highest BCUT2D eigenvalue weighted by atomic mass is 32.1. The van der Waals surface area contributed by atoms with Crippen LogP contribution in [-0.4, -0.2) is 29.4 Å². The van der Waals surface area contributed by atoms with Gasteiger partial charge in [0.25, 0.3) is 0 Å². The normalized spacial score (nSPS) is 11.5. The third kappa shape index (κ3) is 4.41. The maximum atomic E-state index is 12.2. The zero-order valence-electron chi connectivity index (χ0n) is 13.6. The average Bonchev–Trinajstić information content (AvgIpc) is 2.84. The van der Waals surface area contributed by atoms with Crippen LogP contribution in [0.2, 0.25) is 0 Å². The van der Waals surface area contributed by atoms with E-state index in [1.54, 1.807) is 32.9 Å².